The monoisotopic (exact) mass is 512 g/mol. The van der Waals surface area contributed by atoms with Gasteiger partial charge in [0.2, 0.25) is 11.8 Å². The van der Waals surface area contributed by atoms with E-state index in [2.05, 4.69) is 10.6 Å². The number of ether oxygens (including phenoxy) is 1. The summed E-state index contributed by atoms with van der Waals surface area (Å²) in [5.74, 6) is -0.813. The molecule has 2 amide bonds. The van der Waals surface area contributed by atoms with Crippen molar-refractivity contribution < 1.29 is 19.1 Å². The van der Waals surface area contributed by atoms with Gasteiger partial charge < -0.3 is 15.4 Å². The Kier molecular flexibility index (Phi) is 9.07. The van der Waals surface area contributed by atoms with Crippen molar-refractivity contribution in [2.24, 2.45) is 0 Å². The van der Waals surface area contributed by atoms with E-state index in [9.17, 15) is 14.4 Å². The third-order valence-corrected chi connectivity index (χ3v) is 6.06. The van der Waals surface area contributed by atoms with Gasteiger partial charge in [0, 0.05) is 34.5 Å². The van der Waals surface area contributed by atoms with E-state index in [0.717, 1.165) is 11.1 Å². The van der Waals surface area contributed by atoms with Crippen LogP contribution in [0.4, 0.5) is 10.7 Å². The third-order valence-electron chi connectivity index (χ3n) is 4.92. The third kappa shape index (κ3) is 8.23. The van der Waals surface area contributed by atoms with Crippen LogP contribution in [0.5, 0.6) is 0 Å². The minimum Gasteiger partial charge on any atom is -0.456 e. The highest BCUT2D eigenvalue weighted by atomic mass is 35.5. The fourth-order valence-corrected chi connectivity index (χ4v) is 4.43. The Balaban J connectivity index is 1.58. The molecule has 184 valence electrons. The summed E-state index contributed by atoms with van der Waals surface area (Å²) in [6.45, 7) is 5.42. The fourth-order valence-electron chi connectivity index (χ4n) is 3.33. The molecule has 0 aliphatic carbocycles. The number of anilines is 2. The number of halogens is 1. The Morgan fingerprint density at radius 2 is 1.49 bits per heavy atom. The fraction of sp³-hybridized carbons (Fsp3) is 0.296. The number of esters is 1. The highest BCUT2D eigenvalue weighted by molar-refractivity contribution is 7.15. The number of carbonyl (C=O) groups excluding carboxylic acids is 3. The molecule has 1 heterocycles. The van der Waals surface area contributed by atoms with Crippen molar-refractivity contribution in [3.05, 3.63) is 70.6 Å². The maximum absolute atomic E-state index is 13.0. The topological polar surface area (TPSA) is 84.5 Å². The molecular formula is C27H29ClN2O4S. The van der Waals surface area contributed by atoms with Gasteiger partial charge in [-0.05, 0) is 63.4 Å². The normalized spacial score (nSPS) is 11.1. The summed E-state index contributed by atoms with van der Waals surface area (Å²) in [4.78, 5) is 37.7. The lowest BCUT2D eigenvalue weighted by Crippen LogP contribution is -2.25. The van der Waals surface area contributed by atoms with Gasteiger partial charge in [0.05, 0.1) is 0 Å². The number of hydrogen-bond acceptors (Lipinski definition) is 5. The number of unbranched alkanes of at least 4 members (excludes halogenated alkanes) is 1. The van der Waals surface area contributed by atoms with E-state index in [-0.39, 0.29) is 18.2 Å². The van der Waals surface area contributed by atoms with Crippen LogP contribution in [-0.2, 0) is 14.3 Å². The molecule has 0 fully saturated rings. The summed E-state index contributed by atoms with van der Waals surface area (Å²) in [6, 6.07) is 16.4. The second-order valence-electron chi connectivity index (χ2n) is 9.03. The molecule has 3 rings (SSSR count). The zero-order valence-corrected chi connectivity index (χ0v) is 21.6. The molecule has 2 aromatic carbocycles. The number of rotatable bonds is 9. The van der Waals surface area contributed by atoms with E-state index in [0.29, 0.717) is 40.5 Å². The van der Waals surface area contributed by atoms with Crippen LogP contribution < -0.4 is 10.6 Å². The van der Waals surface area contributed by atoms with E-state index in [1.807, 2.05) is 35.7 Å². The summed E-state index contributed by atoms with van der Waals surface area (Å²) in [5.41, 5.74) is 1.96. The lowest BCUT2D eigenvalue weighted by Gasteiger charge is -2.20. The van der Waals surface area contributed by atoms with Crippen LogP contribution in [0.3, 0.4) is 0 Å². The van der Waals surface area contributed by atoms with Crippen molar-refractivity contribution in [2.45, 2.75) is 52.1 Å². The molecule has 1 aromatic heterocycles. The van der Waals surface area contributed by atoms with Gasteiger partial charge >= 0.3 is 5.97 Å². The molecule has 2 N–H and O–H groups in total. The Morgan fingerprint density at radius 1 is 0.886 bits per heavy atom. The van der Waals surface area contributed by atoms with Crippen molar-refractivity contribution in [1.82, 2.24) is 0 Å². The van der Waals surface area contributed by atoms with Gasteiger partial charge in [-0.3, -0.25) is 9.59 Å². The van der Waals surface area contributed by atoms with Crippen molar-refractivity contribution in [3.8, 4) is 11.1 Å². The summed E-state index contributed by atoms with van der Waals surface area (Å²) in [5, 5.41) is 8.59. The average molecular weight is 513 g/mol. The molecule has 0 radical (unpaired) electrons. The minimum absolute atomic E-state index is 0.120. The quantitative estimate of drug-likeness (QED) is 0.235. The molecule has 0 spiro atoms. The number of nitrogens with one attached hydrogen (secondary N) is 2. The molecule has 0 saturated heterocycles. The molecule has 6 nitrogen and oxygen atoms in total. The Morgan fingerprint density at radius 3 is 2.09 bits per heavy atom. The first-order valence-corrected chi connectivity index (χ1v) is 12.6. The van der Waals surface area contributed by atoms with E-state index < -0.39 is 11.6 Å². The van der Waals surface area contributed by atoms with Crippen LogP contribution in [0.15, 0.2) is 60.0 Å². The molecule has 8 heteroatoms. The molecule has 0 aliphatic rings. The largest absolute Gasteiger partial charge is 0.456 e. The summed E-state index contributed by atoms with van der Waals surface area (Å²) in [7, 11) is 0. The van der Waals surface area contributed by atoms with E-state index in [1.54, 1.807) is 45.0 Å². The van der Waals surface area contributed by atoms with E-state index >= 15 is 0 Å². The van der Waals surface area contributed by atoms with Gasteiger partial charge in [-0.25, -0.2) is 4.79 Å². The van der Waals surface area contributed by atoms with Crippen LogP contribution in [0, 0.1) is 0 Å². The second-order valence-corrected chi connectivity index (χ2v) is 10.3. The highest BCUT2D eigenvalue weighted by Crippen LogP contribution is 2.37. The number of thiophene rings is 1. The number of amides is 2. The number of hydrogen-bond donors (Lipinski definition) is 2. The first-order chi connectivity index (χ1) is 16.6. The summed E-state index contributed by atoms with van der Waals surface area (Å²) in [6.07, 6.45) is 1.64. The van der Waals surface area contributed by atoms with Crippen LogP contribution >= 0.6 is 22.9 Å². The molecule has 0 unspecified atom stereocenters. The maximum Gasteiger partial charge on any atom is 0.342 e. The van der Waals surface area contributed by atoms with Crippen LogP contribution in [0.2, 0.25) is 5.02 Å². The average Bonchev–Trinajstić information content (AvgIpc) is 3.21. The first-order valence-electron chi connectivity index (χ1n) is 11.4. The van der Waals surface area contributed by atoms with E-state index in [4.69, 9.17) is 16.3 Å². The van der Waals surface area contributed by atoms with Gasteiger partial charge in [-0.1, -0.05) is 41.9 Å². The predicted molar refractivity (Wildman–Crippen MR) is 142 cm³/mol. The molecule has 0 bridgehead atoms. The van der Waals surface area contributed by atoms with Crippen LogP contribution in [0.25, 0.3) is 11.1 Å². The molecule has 3 aromatic rings. The smallest absolute Gasteiger partial charge is 0.342 e. The molecule has 35 heavy (non-hydrogen) atoms. The maximum atomic E-state index is 13.0. The van der Waals surface area contributed by atoms with Crippen LogP contribution in [-0.4, -0.2) is 23.4 Å². The first kappa shape index (κ1) is 26.4. The van der Waals surface area contributed by atoms with Crippen molar-refractivity contribution in [3.63, 3.8) is 0 Å². The Hall–Kier alpha value is -3.16. The second kappa shape index (κ2) is 12.0. The molecule has 0 saturated carbocycles. The zero-order valence-electron chi connectivity index (χ0n) is 20.0. The van der Waals surface area contributed by atoms with Gasteiger partial charge in [0.1, 0.15) is 16.2 Å². The van der Waals surface area contributed by atoms with Gasteiger partial charge in [0.15, 0.2) is 0 Å². The Bertz CT molecular complexity index is 1170. The lowest BCUT2D eigenvalue weighted by atomic mass is 10.0. The predicted octanol–water partition coefficient (Wildman–Crippen LogP) is 7.16. The van der Waals surface area contributed by atoms with Crippen LogP contribution in [0.1, 0.15) is 56.8 Å². The van der Waals surface area contributed by atoms with Crippen molar-refractivity contribution in [1.29, 1.82) is 0 Å². The number of benzene rings is 2. The van der Waals surface area contributed by atoms with Crippen molar-refractivity contribution in [2.75, 3.05) is 10.6 Å². The standard InChI is InChI=1S/C27H29ClN2O4S/c1-27(2,3)34-26(33)24-21(18-9-5-4-6-10-18)17-35-25(24)30-23(32)12-8-7-11-22(31)29-20-15-13-19(28)14-16-20/h4-6,9-10,13-17H,7-8,11-12H2,1-3H3,(H,29,31)(H,30,32). The van der Waals surface area contributed by atoms with Gasteiger partial charge in [-0.2, -0.15) is 0 Å². The molecular weight excluding hydrogens is 484 g/mol. The highest BCUT2D eigenvalue weighted by Gasteiger charge is 2.26. The summed E-state index contributed by atoms with van der Waals surface area (Å²) >= 11 is 7.14. The number of carbonyl (C=O) groups is 3. The van der Waals surface area contributed by atoms with E-state index in [1.165, 1.54) is 11.3 Å². The van der Waals surface area contributed by atoms with Gasteiger partial charge in [-0.15, -0.1) is 11.3 Å². The minimum atomic E-state index is -0.666. The van der Waals surface area contributed by atoms with Gasteiger partial charge in [0.25, 0.3) is 0 Å². The Labute approximate surface area is 214 Å². The SMILES string of the molecule is CC(C)(C)OC(=O)c1c(-c2ccccc2)csc1NC(=O)CCCCC(=O)Nc1ccc(Cl)cc1. The van der Waals surface area contributed by atoms with Crippen molar-refractivity contribution >= 4 is 51.4 Å². The molecule has 0 atom stereocenters. The zero-order chi connectivity index (χ0) is 25.4. The molecule has 0 aliphatic heterocycles. The summed E-state index contributed by atoms with van der Waals surface area (Å²) < 4.78 is 5.61. The lowest BCUT2D eigenvalue weighted by molar-refractivity contribution is -0.118.